The van der Waals surface area contributed by atoms with E-state index in [1.54, 1.807) is 12.1 Å². The zero-order chi connectivity index (χ0) is 13.2. The van der Waals surface area contributed by atoms with Crippen LogP contribution in [0.4, 0.5) is 13.2 Å². The molecule has 96 valence electrons. The summed E-state index contributed by atoms with van der Waals surface area (Å²) in [5.41, 5.74) is 1.49. The smallest absolute Gasteiger partial charge is 0.463 e. The summed E-state index contributed by atoms with van der Waals surface area (Å²) in [6, 6.07) is 6.11. The molecule has 0 aromatic rings. The van der Waals surface area contributed by atoms with E-state index >= 15 is 0 Å². The quantitative estimate of drug-likeness (QED) is 0.803. The van der Waals surface area contributed by atoms with E-state index < -0.39 is 6.36 Å². The third-order valence-corrected chi connectivity index (χ3v) is 3.16. The van der Waals surface area contributed by atoms with Crippen LogP contribution in [-0.2, 0) is 16.1 Å². The molecule has 0 aromatic carbocycles. The van der Waals surface area contributed by atoms with Crippen LogP contribution in [0.1, 0.15) is 5.56 Å². The van der Waals surface area contributed by atoms with Crippen LogP contribution in [0.15, 0.2) is 24.3 Å². The van der Waals surface area contributed by atoms with Crippen molar-refractivity contribution in [2.24, 2.45) is 0 Å². The highest BCUT2D eigenvalue weighted by Gasteiger charge is 2.31. The van der Waals surface area contributed by atoms with Crippen molar-refractivity contribution in [3.63, 3.8) is 0 Å². The summed E-state index contributed by atoms with van der Waals surface area (Å²) in [7, 11) is 0. The average Bonchev–Trinajstić information content (AvgIpc) is 2.66. The summed E-state index contributed by atoms with van der Waals surface area (Å²) >= 11 is 0.882. The van der Waals surface area contributed by atoms with Crippen molar-refractivity contribution in [3.05, 3.63) is 29.8 Å². The van der Waals surface area contributed by atoms with Gasteiger partial charge in [0, 0.05) is 4.88 Å². The number of alkyl halides is 3. The summed E-state index contributed by atoms with van der Waals surface area (Å²) in [6.45, 7) is 0.419. The van der Waals surface area contributed by atoms with Gasteiger partial charge < -0.3 is 9.47 Å². The Morgan fingerprint density at radius 1 is 1.22 bits per heavy atom. The fourth-order valence-electron chi connectivity index (χ4n) is 1.50. The van der Waals surface area contributed by atoms with Gasteiger partial charge in [-0.3, -0.25) is 4.79 Å². The Hall–Kier alpha value is -1.76. The first-order valence-electron chi connectivity index (χ1n) is 4.82. The molecule has 18 heavy (non-hydrogen) atoms. The predicted octanol–water partition coefficient (Wildman–Crippen LogP) is 3.42. The lowest BCUT2D eigenvalue weighted by Gasteiger charge is -2.09. The molecule has 0 atom stereocenters. The second-order valence-electron chi connectivity index (χ2n) is 3.35. The van der Waals surface area contributed by atoms with E-state index in [-0.39, 0.29) is 11.7 Å². The van der Waals surface area contributed by atoms with Gasteiger partial charge in [-0.2, -0.15) is 0 Å². The highest BCUT2D eigenvalue weighted by atomic mass is 32.1. The van der Waals surface area contributed by atoms with Gasteiger partial charge in [-0.15, -0.1) is 13.2 Å². The summed E-state index contributed by atoms with van der Waals surface area (Å²) in [5.74, 6) is 0. The number of rotatable bonds is 4. The summed E-state index contributed by atoms with van der Waals surface area (Å²) in [5, 5.41) is -0.233. The molecule has 1 heterocycles. The zero-order valence-electron chi connectivity index (χ0n) is 8.86. The first kappa shape index (κ1) is 12.7. The highest BCUT2D eigenvalue weighted by molar-refractivity contribution is 7.17. The number of carbonyl (C=O) groups excluding carboxylic acids is 1. The molecule has 1 aliphatic heterocycles. The van der Waals surface area contributed by atoms with Crippen molar-refractivity contribution >= 4 is 17.8 Å². The highest BCUT2D eigenvalue weighted by Crippen LogP contribution is 2.38. The predicted molar refractivity (Wildman–Crippen MR) is 58.5 cm³/mol. The van der Waals surface area contributed by atoms with Crippen LogP contribution in [0.3, 0.4) is 0 Å². The standard InChI is InChI=1S/C11H7F3O3S/c12-11(13,14)17-10-4-2-8-7(5-16-6-15)1-3-9(8)18-10/h1-4,6H,5H2. The monoisotopic (exact) mass is 276 g/mol. The van der Waals surface area contributed by atoms with Gasteiger partial charge in [-0.1, -0.05) is 17.4 Å². The third kappa shape index (κ3) is 2.92. The summed E-state index contributed by atoms with van der Waals surface area (Å²) in [4.78, 5) is 10.7. The van der Waals surface area contributed by atoms with Gasteiger partial charge in [-0.05, 0) is 29.3 Å². The third-order valence-electron chi connectivity index (χ3n) is 2.17. The first-order valence-corrected chi connectivity index (χ1v) is 5.63. The van der Waals surface area contributed by atoms with E-state index in [0.717, 1.165) is 22.5 Å². The van der Waals surface area contributed by atoms with Gasteiger partial charge in [0.1, 0.15) is 6.61 Å². The molecular formula is C11H7F3O3S. The molecule has 0 unspecified atom stereocenters. The minimum Gasteiger partial charge on any atom is -0.463 e. The van der Waals surface area contributed by atoms with Gasteiger partial charge in [0.25, 0.3) is 6.47 Å². The second-order valence-corrected chi connectivity index (χ2v) is 4.39. The fraction of sp³-hybridized carbons (Fsp3) is 0.182. The lowest BCUT2D eigenvalue weighted by Crippen LogP contribution is -2.16. The first-order chi connectivity index (χ1) is 8.49. The van der Waals surface area contributed by atoms with Gasteiger partial charge >= 0.3 is 6.36 Å². The Morgan fingerprint density at radius 2 is 2.00 bits per heavy atom. The molecule has 0 spiro atoms. The SMILES string of the molecule is O=COCc1ccc2sc(OC(F)(F)F)ccc1-2. The minimum atomic E-state index is -4.69. The largest absolute Gasteiger partial charge is 0.573 e. The lowest BCUT2D eigenvalue weighted by molar-refractivity contribution is -0.273. The average molecular weight is 276 g/mol. The minimum absolute atomic E-state index is 0.0964. The van der Waals surface area contributed by atoms with E-state index in [9.17, 15) is 18.0 Å². The molecule has 2 aliphatic rings. The molecule has 0 amide bonds. The van der Waals surface area contributed by atoms with Crippen LogP contribution < -0.4 is 4.74 Å². The number of ether oxygens (including phenoxy) is 2. The normalized spacial score (nSPS) is 11.5. The van der Waals surface area contributed by atoms with Gasteiger partial charge in [0.15, 0.2) is 5.06 Å². The van der Waals surface area contributed by atoms with Gasteiger partial charge in [-0.25, -0.2) is 0 Å². The molecule has 2 rings (SSSR count). The van der Waals surface area contributed by atoms with Crippen molar-refractivity contribution in [3.8, 4) is 15.5 Å². The molecule has 0 radical (unpaired) electrons. The van der Waals surface area contributed by atoms with Gasteiger partial charge in [0.05, 0.1) is 0 Å². The molecule has 7 heteroatoms. The van der Waals surface area contributed by atoms with Crippen LogP contribution in [0.25, 0.3) is 10.4 Å². The van der Waals surface area contributed by atoms with Crippen molar-refractivity contribution in [2.75, 3.05) is 0 Å². The van der Waals surface area contributed by atoms with Crippen molar-refractivity contribution < 1.29 is 27.4 Å². The van der Waals surface area contributed by atoms with E-state index in [4.69, 9.17) is 0 Å². The number of hydrogen-bond acceptors (Lipinski definition) is 4. The number of halogens is 3. The molecule has 0 fully saturated rings. The lowest BCUT2D eigenvalue weighted by atomic mass is 10.2. The second kappa shape index (κ2) is 4.85. The molecule has 0 aromatic heterocycles. The Bertz CT molecular complexity index is 521. The van der Waals surface area contributed by atoms with E-state index in [2.05, 4.69) is 9.47 Å². The van der Waals surface area contributed by atoms with E-state index in [1.165, 1.54) is 12.1 Å². The maximum Gasteiger partial charge on any atom is 0.573 e. The van der Waals surface area contributed by atoms with Crippen LogP contribution >= 0.6 is 11.3 Å². The maximum absolute atomic E-state index is 12.0. The van der Waals surface area contributed by atoms with E-state index in [1.807, 2.05) is 0 Å². The molecule has 1 aliphatic carbocycles. The molecular weight excluding hydrogens is 269 g/mol. The number of hydrogen-bond donors (Lipinski definition) is 0. The molecule has 0 saturated carbocycles. The fourth-order valence-corrected chi connectivity index (χ4v) is 2.44. The Morgan fingerprint density at radius 3 is 2.67 bits per heavy atom. The Labute approximate surface area is 104 Å². The molecule has 0 N–H and O–H groups in total. The maximum atomic E-state index is 12.0. The summed E-state index contributed by atoms with van der Waals surface area (Å²) in [6.07, 6.45) is -4.69. The van der Waals surface area contributed by atoms with Crippen LogP contribution in [-0.4, -0.2) is 12.8 Å². The van der Waals surface area contributed by atoms with Crippen LogP contribution in [0, 0.1) is 0 Å². The van der Waals surface area contributed by atoms with Crippen LogP contribution in [0.2, 0.25) is 0 Å². The van der Waals surface area contributed by atoms with Crippen LogP contribution in [0.5, 0.6) is 5.06 Å². The number of carbonyl (C=O) groups is 1. The molecule has 3 nitrogen and oxygen atoms in total. The van der Waals surface area contributed by atoms with E-state index in [0.29, 0.717) is 11.3 Å². The zero-order valence-corrected chi connectivity index (χ0v) is 9.68. The number of fused-ring (bicyclic) bond motifs is 1. The Kier molecular flexibility index (Phi) is 3.42. The Balaban J connectivity index is 2.24. The molecule has 0 bridgehead atoms. The summed E-state index contributed by atoms with van der Waals surface area (Å²) < 4.78 is 44.6. The van der Waals surface area contributed by atoms with Gasteiger partial charge in [0.2, 0.25) is 0 Å². The van der Waals surface area contributed by atoms with Crippen molar-refractivity contribution in [2.45, 2.75) is 13.0 Å². The van der Waals surface area contributed by atoms with Crippen molar-refractivity contribution in [1.82, 2.24) is 0 Å². The van der Waals surface area contributed by atoms with Crippen molar-refractivity contribution in [1.29, 1.82) is 0 Å². The topological polar surface area (TPSA) is 35.5 Å². The molecule has 0 saturated heterocycles.